The van der Waals surface area contributed by atoms with E-state index < -0.39 is 0 Å². The number of amides is 1. The van der Waals surface area contributed by atoms with Gasteiger partial charge in [0.2, 0.25) is 0 Å². The molecule has 2 aromatic rings. The first-order valence-electron chi connectivity index (χ1n) is 7.96. The molecule has 1 aromatic heterocycles. The van der Waals surface area contributed by atoms with Crippen LogP contribution in [0.4, 0.5) is 0 Å². The number of rotatable bonds is 9. The molecular weight excluding hydrogens is 308 g/mol. The van der Waals surface area contributed by atoms with E-state index in [2.05, 4.69) is 27.8 Å². The first-order valence-corrected chi connectivity index (χ1v) is 7.96. The van der Waals surface area contributed by atoms with Crippen LogP contribution in [0.1, 0.15) is 23.8 Å². The van der Waals surface area contributed by atoms with Crippen LogP contribution in [-0.4, -0.2) is 50.0 Å². The summed E-state index contributed by atoms with van der Waals surface area (Å²) >= 11 is 0. The van der Waals surface area contributed by atoms with Crippen LogP contribution in [-0.2, 0) is 0 Å². The Morgan fingerprint density at radius 2 is 1.92 bits per heavy atom. The summed E-state index contributed by atoms with van der Waals surface area (Å²) < 4.78 is 10.5. The fraction of sp³-hybridized carbons (Fsp3) is 0.412. The molecule has 0 radical (unpaired) electrons. The minimum Gasteiger partial charge on any atom is -0.493 e. The van der Waals surface area contributed by atoms with Crippen LogP contribution in [0.3, 0.4) is 0 Å². The molecule has 0 saturated carbocycles. The normalized spacial score (nSPS) is 10.5. The van der Waals surface area contributed by atoms with E-state index in [9.17, 15) is 4.79 Å². The zero-order valence-corrected chi connectivity index (χ0v) is 14.3. The predicted octanol–water partition coefficient (Wildman–Crippen LogP) is 1.82. The maximum atomic E-state index is 12.1. The van der Waals surface area contributed by atoms with Crippen LogP contribution >= 0.6 is 0 Å². The highest BCUT2D eigenvalue weighted by Gasteiger charge is 2.12. The van der Waals surface area contributed by atoms with Gasteiger partial charge in [-0.15, -0.1) is 0 Å². The molecule has 0 aliphatic rings. The van der Waals surface area contributed by atoms with E-state index in [1.807, 2.05) is 18.2 Å². The maximum Gasteiger partial charge on any atom is 0.269 e. The molecule has 7 heteroatoms. The van der Waals surface area contributed by atoms with Crippen LogP contribution in [0.25, 0.3) is 11.3 Å². The van der Waals surface area contributed by atoms with Gasteiger partial charge in [0.05, 0.1) is 19.9 Å². The summed E-state index contributed by atoms with van der Waals surface area (Å²) in [6.45, 7) is 4.37. The number of carbonyl (C=O) groups is 1. The van der Waals surface area contributed by atoms with Crippen molar-refractivity contribution >= 4 is 5.91 Å². The van der Waals surface area contributed by atoms with Gasteiger partial charge in [0.1, 0.15) is 5.69 Å². The van der Waals surface area contributed by atoms with Gasteiger partial charge in [0, 0.05) is 18.7 Å². The van der Waals surface area contributed by atoms with Gasteiger partial charge >= 0.3 is 0 Å². The van der Waals surface area contributed by atoms with E-state index in [4.69, 9.17) is 9.47 Å². The van der Waals surface area contributed by atoms with Crippen molar-refractivity contribution in [1.82, 2.24) is 20.8 Å². The first-order chi connectivity index (χ1) is 11.7. The minimum atomic E-state index is -0.174. The maximum absolute atomic E-state index is 12.1. The molecular formula is C17H24N4O3. The Kier molecular flexibility index (Phi) is 6.62. The SMILES string of the molecule is CCCNCCNC(=O)c1cc(-c2ccc(OC)c(OC)c2)n[nH]1. The lowest BCUT2D eigenvalue weighted by molar-refractivity contribution is 0.0949. The Hall–Kier alpha value is -2.54. The first kappa shape index (κ1) is 17.8. The number of hydrogen-bond donors (Lipinski definition) is 3. The van der Waals surface area contributed by atoms with E-state index in [1.165, 1.54) is 0 Å². The summed E-state index contributed by atoms with van der Waals surface area (Å²) in [5, 5.41) is 13.0. The molecule has 0 unspecified atom stereocenters. The van der Waals surface area contributed by atoms with E-state index in [0.29, 0.717) is 29.4 Å². The van der Waals surface area contributed by atoms with Crippen molar-refractivity contribution in [1.29, 1.82) is 0 Å². The molecule has 0 bridgehead atoms. The van der Waals surface area contributed by atoms with Crippen LogP contribution in [0.15, 0.2) is 24.3 Å². The lowest BCUT2D eigenvalue weighted by atomic mass is 10.1. The summed E-state index contributed by atoms with van der Waals surface area (Å²) in [5.74, 6) is 1.09. The summed E-state index contributed by atoms with van der Waals surface area (Å²) in [7, 11) is 3.17. The largest absolute Gasteiger partial charge is 0.493 e. The third-order valence-electron chi connectivity index (χ3n) is 3.52. The van der Waals surface area contributed by atoms with Crippen molar-refractivity contribution < 1.29 is 14.3 Å². The fourth-order valence-electron chi connectivity index (χ4n) is 2.24. The number of nitrogens with one attached hydrogen (secondary N) is 3. The molecule has 0 spiro atoms. The standard InChI is InChI=1S/C17H24N4O3/c1-4-7-18-8-9-19-17(22)14-11-13(20-21-14)12-5-6-15(23-2)16(10-12)24-3/h5-6,10-11,18H,4,7-9H2,1-3H3,(H,19,22)(H,20,21). The number of aromatic nitrogens is 2. The number of nitrogens with zero attached hydrogens (tertiary/aromatic N) is 1. The molecule has 24 heavy (non-hydrogen) atoms. The Balaban J connectivity index is 2.01. The quantitative estimate of drug-likeness (QED) is 0.610. The molecule has 0 fully saturated rings. The smallest absolute Gasteiger partial charge is 0.269 e. The Morgan fingerprint density at radius 1 is 1.12 bits per heavy atom. The zero-order chi connectivity index (χ0) is 17.4. The summed E-state index contributed by atoms with van der Waals surface area (Å²) in [6.07, 6.45) is 1.07. The second-order valence-electron chi connectivity index (χ2n) is 5.24. The van der Waals surface area contributed by atoms with E-state index in [-0.39, 0.29) is 5.91 Å². The van der Waals surface area contributed by atoms with Crippen LogP contribution in [0.5, 0.6) is 11.5 Å². The van der Waals surface area contributed by atoms with Crippen LogP contribution < -0.4 is 20.1 Å². The number of hydrogen-bond acceptors (Lipinski definition) is 5. The average Bonchev–Trinajstić information content (AvgIpc) is 3.11. The van der Waals surface area contributed by atoms with Gasteiger partial charge in [-0.2, -0.15) is 5.10 Å². The van der Waals surface area contributed by atoms with Gasteiger partial charge in [-0.25, -0.2) is 0 Å². The van der Waals surface area contributed by atoms with Gasteiger partial charge in [0.25, 0.3) is 5.91 Å². The third kappa shape index (κ3) is 4.48. The molecule has 1 aromatic carbocycles. The highest BCUT2D eigenvalue weighted by Crippen LogP contribution is 2.31. The minimum absolute atomic E-state index is 0.174. The van der Waals surface area contributed by atoms with Crippen LogP contribution in [0, 0.1) is 0 Å². The van der Waals surface area contributed by atoms with Gasteiger partial charge in [-0.3, -0.25) is 9.89 Å². The number of methoxy groups -OCH3 is 2. The fourth-order valence-corrected chi connectivity index (χ4v) is 2.24. The Bertz CT molecular complexity index is 670. The Labute approximate surface area is 141 Å². The number of ether oxygens (including phenoxy) is 2. The van der Waals surface area contributed by atoms with Crippen molar-refractivity contribution in [3.63, 3.8) is 0 Å². The molecule has 130 valence electrons. The van der Waals surface area contributed by atoms with Crippen molar-refractivity contribution in [2.45, 2.75) is 13.3 Å². The van der Waals surface area contributed by atoms with Gasteiger partial charge in [-0.1, -0.05) is 6.92 Å². The second kappa shape index (κ2) is 8.93. The van der Waals surface area contributed by atoms with E-state index in [0.717, 1.165) is 25.1 Å². The number of carbonyl (C=O) groups excluding carboxylic acids is 1. The zero-order valence-electron chi connectivity index (χ0n) is 14.3. The second-order valence-corrected chi connectivity index (χ2v) is 5.24. The lowest BCUT2D eigenvalue weighted by Gasteiger charge is -2.08. The molecule has 2 rings (SSSR count). The van der Waals surface area contributed by atoms with Crippen molar-refractivity contribution in [2.75, 3.05) is 33.9 Å². The highest BCUT2D eigenvalue weighted by molar-refractivity contribution is 5.93. The summed E-state index contributed by atoms with van der Waals surface area (Å²) in [6, 6.07) is 7.22. The lowest BCUT2D eigenvalue weighted by Crippen LogP contribution is -2.32. The topological polar surface area (TPSA) is 88.3 Å². The molecule has 0 aliphatic heterocycles. The van der Waals surface area contributed by atoms with Crippen molar-refractivity contribution in [2.24, 2.45) is 0 Å². The van der Waals surface area contributed by atoms with Crippen molar-refractivity contribution in [3.05, 3.63) is 30.0 Å². The van der Waals surface area contributed by atoms with Gasteiger partial charge in [0.15, 0.2) is 11.5 Å². The number of benzene rings is 1. The van der Waals surface area contributed by atoms with E-state index in [1.54, 1.807) is 20.3 Å². The third-order valence-corrected chi connectivity index (χ3v) is 3.52. The summed E-state index contributed by atoms with van der Waals surface area (Å²) in [4.78, 5) is 12.1. The Morgan fingerprint density at radius 3 is 2.62 bits per heavy atom. The van der Waals surface area contributed by atoms with Gasteiger partial charge < -0.3 is 20.1 Å². The van der Waals surface area contributed by atoms with Gasteiger partial charge in [-0.05, 0) is 37.2 Å². The molecule has 0 saturated heterocycles. The monoisotopic (exact) mass is 332 g/mol. The molecule has 1 amide bonds. The van der Waals surface area contributed by atoms with Crippen LogP contribution in [0.2, 0.25) is 0 Å². The number of H-pyrrole nitrogens is 1. The molecule has 3 N–H and O–H groups in total. The van der Waals surface area contributed by atoms with E-state index >= 15 is 0 Å². The molecule has 0 atom stereocenters. The molecule has 7 nitrogen and oxygen atoms in total. The van der Waals surface area contributed by atoms with Crippen molar-refractivity contribution in [3.8, 4) is 22.8 Å². The summed E-state index contributed by atoms with van der Waals surface area (Å²) in [5.41, 5.74) is 1.94. The molecule has 1 heterocycles. The number of aromatic amines is 1. The highest BCUT2D eigenvalue weighted by atomic mass is 16.5. The predicted molar refractivity (Wildman–Crippen MR) is 92.6 cm³/mol. The molecule has 0 aliphatic carbocycles. The average molecular weight is 332 g/mol.